The van der Waals surface area contributed by atoms with Gasteiger partial charge in [-0.3, -0.25) is 9.59 Å². The highest BCUT2D eigenvalue weighted by Crippen LogP contribution is 2.22. The Bertz CT molecular complexity index is 920. The zero-order valence-electron chi connectivity index (χ0n) is 19.0. The van der Waals surface area contributed by atoms with Gasteiger partial charge in [0.1, 0.15) is 12.3 Å². The Kier molecular flexibility index (Phi) is 7.81. The highest BCUT2D eigenvalue weighted by Gasteiger charge is 2.25. The SMILES string of the molecule is C=CCN(CC(=O)N1CCN(c2ccc(-c3ccc(OC)cc3)nn2)CC1)C(=O)C(C)C. The van der Waals surface area contributed by atoms with E-state index in [1.54, 1.807) is 23.0 Å². The van der Waals surface area contributed by atoms with E-state index in [0.717, 1.165) is 22.8 Å². The van der Waals surface area contributed by atoms with Crippen LogP contribution in [-0.4, -0.2) is 78.2 Å². The molecule has 1 aromatic carbocycles. The van der Waals surface area contributed by atoms with Crippen LogP contribution in [0, 0.1) is 5.92 Å². The zero-order valence-corrected chi connectivity index (χ0v) is 19.0. The van der Waals surface area contributed by atoms with E-state index in [1.165, 1.54) is 0 Å². The van der Waals surface area contributed by atoms with Gasteiger partial charge in [0, 0.05) is 44.2 Å². The lowest BCUT2D eigenvalue weighted by Gasteiger charge is -2.36. The monoisotopic (exact) mass is 437 g/mol. The molecule has 0 bridgehead atoms. The first-order valence-electron chi connectivity index (χ1n) is 10.8. The van der Waals surface area contributed by atoms with E-state index in [-0.39, 0.29) is 24.3 Å². The van der Waals surface area contributed by atoms with Gasteiger partial charge in [0.25, 0.3) is 0 Å². The number of ether oxygens (including phenoxy) is 1. The summed E-state index contributed by atoms with van der Waals surface area (Å²) in [4.78, 5) is 30.6. The highest BCUT2D eigenvalue weighted by atomic mass is 16.5. The molecule has 0 radical (unpaired) electrons. The van der Waals surface area contributed by atoms with Crippen molar-refractivity contribution in [3.63, 3.8) is 0 Å². The number of piperazine rings is 1. The fraction of sp³-hybridized carbons (Fsp3) is 0.417. The average molecular weight is 438 g/mol. The summed E-state index contributed by atoms with van der Waals surface area (Å²) in [6, 6.07) is 11.6. The Hall–Kier alpha value is -3.42. The fourth-order valence-corrected chi connectivity index (χ4v) is 3.61. The molecule has 8 heteroatoms. The summed E-state index contributed by atoms with van der Waals surface area (Å²) in [5, 5.41) is 8.75. The molecule has 2 heterocycles. The molecule has 2 amide bonds. The van der Waals surface area contributed by atoms with Crippen LogP contribution in [0.2, 0.25) is 0 Å². The second-order valence-electron chi connectivity index (χ2n) is 8.04. The molecule has 0 N–H and O–H groups in total. The van der Waals surface area contributed by atoms with Crippen molar-refractivity contribution in [2.75, 3.05) is 51.3 Å². The molecule has 32 heavy (non-hydrogen) atoms. The van der Waals surface area contributed by atoms with Gasteiger partial charge in [-0.15, -0.1) is 16.8 Å². The number of hydrogen-bond acceptors (Lipinski definition) is 6. The van der Waals surface area contributed by atoms with Crippen molar-refractivity contribution < 1.29 is 14.3 Å². The largest absolute Gasteiger partial charge is 0.497 e. The molecule has 2 aromatic rings. The maximum absolute atomic E-state index is 12.7. The summed E-state index contributed by atoms with van der Waals surface area (Å²) in [6.45, 7) is 10.3. The van der Waals surface area contributed by atoms with Gasteiger partial charge in [-0.05, 0) is 36.4 Å². The molecule has 0 saturated carbocycles. The lowest BCUT2D eigenvalue weighted by molar-refractivity contribution is -0.142. The van der Waals surface area contributed by atoms with Gasteiger partial charge in [-0.1, -0.05) is 19.9 Å². The van der Waals surface area contributed by atoms with Gasteiger partial charge in [-0.2, -0.15) is 0 Å². The van der Waals surface area contributed by atoms with Crippen LogP contribution >= 0.6 is 0 Å². The highest BCUT2D eigenvalue weighted by molar-refractivity contribution is 5.86. The van der Waals surface area contributed by atoms with Crippen molar-refractivity contribution >= 4 is 17.6 Å². The molecule has 3 rings (SSSR count). The zero-order chi connectivity index (χ0) is 23.1. The van der Waals surface area contributed by atoms with Crippen LogP contribution in [0.25, 0.3) is 11.3 Å². The lowest BCUT2D eigenvalue weighted by Crippen LogP contribution is -2.52. The topological polar surface area (TPSA) is 78.9 Å². The number of nitrogens with zero attached hydrogens (tertiary/aromatic N) is 5. The van der Waals surface area contributed by atoms with E-state index in [2.05, 4.69) is 21.7 Å². The number of amides is 2. The number of methoxy groups -OCH3 is 1. The minimum atomic E-state index is -0.154. The summed E-state index contributed by atoms with van der Waals surface area (Å²) < 4.78 is 5.19. The molecule has 0 aliphatic carbocycles. The van der Waals surface area contributed by atoms with E-state index in [1.807, 2.05) is 50.2 Å². The molecule has 1 aliphatic heterocycles. The van der Waals surface area contributed by atoms with Crippen LogP contribution in [-0.2, 0) is 9.59 Å². The van der Waals surface area contributed by atoms with Crippen LogP contribution in [0.1, 0.15) is 13.8 Å². The van der Waals surface area contributed by atoms with Gasteiger partial charge in [-0.25, -0.2) is 0 Å². The molecule has 0 atom stereocenters. The van der Waals surface area contributed by atoms with Crippen LogP contribution in [0.15, 0.2) is 49.1 Å². The van der Waals surface area contributed by atoms with Gasteiger partial charge < -0.3 is 19.4 Å². The molecule has 1 aliphatic rings. The van der Waals surface area contributed by atoms with Gasteiger partial charge in [0.05, 0.1) is 12.8 Å². The van der Waals surface area contributed by atoms with E-state index >= 15 is 0 Å². The van der Waals surface area contributed by atoms with Crippen LogP contribution in [0.4, 0.5) is 5.82 Å². The Morgan fingerprint density at radius 3 is 2.31 bits per heavy atom. The third-order valence-corrected chi connectivity index (χ3v) is 5.47. The van der Waals surface area contributed by atoms with Gasteiger partial charge in [0.2, 0.25) is 11.8 Å². The maximum atomic E-state index is 12.7. The lowest BCUT2D eigenvalue weighted by atomic mass is 10.1. The number of benzene rings is 1. The smallest absolute Gasteiger partial charge is 0.242 e. The van der Waals surface area contributed by atoms with E-state index in [9.17, 15) is 9.59 Å². The van der Waals surface area contributed by atoms with Gasteiger partial charge >= 0.3 is 0 Å². The predicted molar refractivity (Wildman–Crippen MR) is 124 cm³/mol. The summed E-state index contributed by atoms with van der Waals surface area (Å²) in [6.07, 6.45) is 1.65. The predicted octanol–water partition coefficient (Wildman–Crippen LogP) is 2.47. The minimum Gasteiger partial charge on any atom is -0.497 e. The average Bonchev–Trinajstić information content (AvgIpc) is 2.83. The maximum Gasteiger partial charge on any atom is 0.242 e. The van der Waals surface area contributed by atoms with Crippen LogP contribution < -0.4 is 9.64 Å². The van der Waals surface area contributed by atoms with E-state index < -0.39 is 0 Å². The van der Waals surface area contributed by atoms with Crippen LogP contribution in [0.5, 0.6) is 5.75 Å². The normalized spacial score (nSPS) is 13.8. The quantitative estimate of drug-likeness (QED) is 0.591. The Balaban J connectivity index is 1.56. The van der Waals surface area contributed by atoms with Crippen molar-refractivity contribution in [2.45, 2.75) is 13.8 Å². The molecule has 0 unspecified atom stereocenters. The standard InChI is InChI=1S/C24H31N5O3/c1-5-12-29(24(31)18(2)3)17-23(30)28-15-13-27(14-16-28)22-11-10-21(25-26-22)19-6-8-20(32-4)9-7-19/h5-11,18H,1,12-17H2,2-4H3. The van der Waals surface area contributed by atoms with Crippen molar-refractivity contribution in [1.82, 2.24) is 20.0 Å². The Morgan fingerprint density at radius 1 is 1.09 bits per heavy atom. The summed E-state index contributed by atoms with van der Waals surface area (Å²) in [7, 11) is 1.64. The molecular formula is C24H31N5O3. The summed E-state index contributed by atoms with van der Waals surface area (Å²) >= 11 is 0. The third-order valence-electron chi connectivity index (χ3n) is 5.47. The Labute approximate surface area is 189 Å². The number of aromatic nitrogens is 2. The molecule has 1 fully saturated rings. The van der Waals surface area contributed by atoms with Crippen molar-refractivity contribution in [3.8, 4) is 17.0 Å². The third kappa shape index (κ3) is 5.63. The number of rotatable bonds is 8. The second-order valence-corrected chi connectivity index (χ2v) is 8.04. The van der Waals surface area contributed by atoms with Gasteiger partial charge in [0.15, 0.2) is 5.82 Å². The molecular weight excluding hydrogens is 406 g/mol. The minimum absolute atomic E-state index is 0.0379. The van der Waals surface area contributed by atoms with Crippen molar-refractivity contribution in [1.29, 1.82) is 0 Å². The first-order chi connectivity index (χ1) is 15.4. The first kappa shape index (κ1) is 23.2. The molecule has 1 aromatic heterocycles. The molecule has 8 nitrogen and oxygen atoms in total. The second kappa shape index (κ2) is 10.7. The summed E-state index contributed by atoms with van der Waals surface area (Å²) in [5.74, 6) is 1.36. The van der Waals surface area contributed by atoms with Crippen LogP contribution in [0.3, 0.4) is 0 Å². The first-order valence-corrected chi connectivity index (χ1v) is 10.8. The number of carbonyl (C=O) groups is 2. The number of anilines is 1. The van der Waals surface area contributed by atoms with E-state index in [0.29, 0.717) is 32.7 Å². The fourth-order valence-electron chi connectivity index (χ4n) is 3.61. The number of hydrogen-bond donors (Lipinski definition) is 0. The number of carbonyl (C=O) groups excluding carboxylic acids is 2. The summed E-state index contributed by atoms with van der Waals surface area (Å²) in [5.41, 5.74) is 1.77. The van der Waals surface area contributed by atoms with Crippen molar-refractivity contribution in [2.24, 2.45) is 5.92 Å². The van der Waals surface area contributed by atoms with E-state index in [4.69, 9.17) is 4.74 Å². The van der Waals surface area contributed by atoms with Crippen molar-refractivity contribution in [3.05, 3.63) is 49.1 Å². The molecule has 0 spiro atoms. The Morgan fingerprint density at radius 2 is 1.78 bits per heavy atom. The molecule has 170 valence electrons. The molecule has 1 saturated heterocycles.